The number of hydrogen-bond acceptors (Lipinski definition) is 3. The molecule has 2 N–H and O–H groups in total. The molecule has 1 aliphatic heterocycles. The SMILES string of the molecule is CC(C)CNC(=O)NC(=O)C(C)N1CCCCC1. The Morgan fingerprint density at radius 3 is 2.28 bits per heavy atom. The van der Waals surface area contributed by atoms with E-state index in [1.54, 1.807) is 0 Å². The molecule has 5 nitrogen and oxygen atoms in total. The van der Waals surface area contributed by atoms with Crippen LogP contribution in [0.15, 0.2) is 0 Å². The Kier molecular flexibility index (Phi) is 6.12. The second-order valence-corrected chi connectivity index (χ2v) is 5.37. The van der Waals surface area contributed by atoms with Crippen LogP contribution in [-0.2, 0) is 4.79 Å². The van der Waals surface area contributed by atoms with Gasteiger partial charge in [-0.25, -0.2) is 4.79 Å². The normalized spacial score (nSPS) is 18.4. The van der Waals surface area contributed by atoms with Crippen LogP contribution < -0.4 is 10.6 Å². The fourth-order valence-corrected chi connectivity index (χ4v) is 2.03. The monoisotopic (exact) mass is 255 g/mol. The van der Waals surface area contributed by atoms with E-state index in [0.717, 1.165) is 25.9 Å². The fraction of sp³-hybridized carbons (Fsp3) is 0.846. The molecule has 1 aliphatic rings. The molecule has 1 heterocycles. The van der Waals surface area contributed by atoms with Gasteiger partial charge < -0.3 is 5.32 Å². The highest BCUT2D eigenvalue weighted by Crippen LogP contribution is 2.11. The van der Waals surface area contributed by atoms with Crippen molar-refractivity contribution in [3.63, 3.8) is 0 Å². The molecule has 104 valence electrons. The average molecular weight is 255 g/mol. The number of carbonyl (C=O) groups excluding carboxylic acids is 2. The lowest BCUT2D eigenvalue weighted by Gasteiger charge is -2.31. The number of nitrogens with one attached hydrogen (secondary N) is 2. The lowest BCUT2D eigenvalue weighted by molar-refractivity contribution is -0.125. The molecular weight excluding hydrogens is 230 g/mol. The highest BCUT2D eigenvalue weighted by atomic mass is 16.2. The summed E-state index contributed by atoms with van der Waals surface area (Å²) in [7, 11) is 0. The molecule has 0 aromatic rings. The van der Waals surface area contributed by atoms with Crippen molar-refractivity contribution in [2.24, 2.45) is 5.92 Å². The molecule has 1 atom stereocenters. The maximum atomic E-state index is 11.9. The molecular formula is C13H25N3O2. The summed E-state index contributed by atoms with van der Waals surface area (Å²) in [5, 5.41) is 5.08. The summed E-state index contributed by atoms with van der Waals surface area (Å²) in [6, 6.07) is -0.618. The van der Waals surface area contributed by atoms with E-state index in [4.69, 9.17) is 0 Å². The van der Waals surface area contributed by atoms with Crippen molar-refractivity contribution in [3.8, 4) is 0 Å². The molecule has 0 radical (unpaired) electrons. The zero-order valence-corrected chi connectivity index (χ0v) is 11.7. The van der Waals surface area contributed by atoms with Gasteiger partial charge in [-0.1, -0.05) is 20.3 Å². The second-order valence-electron chi connectivity index (χ2n) is 5.37. The van der Waals surface area contributed by atoms with E-state index in [1.807, 2.05) is 20.8 Å². The van der Waals surface area contributed by atoms with Crippen molar-refractivity contribution in [1.82, 2.24) is 15.5 Å². The van der Waals surface area contributed by atoms with Crippen LogP contribution in [0.2, 0.25) is 0 Å². The molecule has 0 saturated carbocycles. The van der Waals surface area contributed by atoms with Crippen LogP contribution in [0.4, 0.5) is 4.79 Å². The Balaban J connectivity index is 2.32. The molecule has 1 fully saturated rings. The van der Waals surface area contributed by atoms with Crippen LogP contribution in [0.5, 0.6) is 0 Å². The molecule has 0 aliphatic carbocycles. The van der Waals surface area contributed by atoms with Crippen molar-refractivity contribution in [3.05, 3.63) is 0 Å². The van der Waals surface area contributed by atoms with Crippen molar-refractivity contribution in [2.45, 2.75) is 46.1 Å². The van der Waals surface area contributed by atoms with Gasteiger partial charge in [0.25, 0.3) is 0 Å². The first kappa shape index (κ1) is 15.0. The first-order valence-corrected chi connectivity index (χ1v) is 6.83. The maximum absolute atomic E-state index is 11.9. The Morgan fingerprint density at radius 2 is 1.72 bits per heavy atom. The molecule has 0 spiro atoms. The van der Waals surface area contributed by atoms with E-state index in [9.17, 15) is 9.59 Å². The van der Waals surface area contributed by atoms with Gasteiger partial charge >= 0.3 is 6.03 Å². The second kappa shape index (κ2) is 7.36. The number of imide groups is 1. The fourth-order valence-electron chi connectivity index (χ4n) is 2.03. The van der Waals surface area contributed by atoms with E-state index >= 15 is 0 Å². The molecule has 1 unspecified atom stereocenters. The molecule has 1 rings (SSSR count). The van der Waals surface area contributed by atoms with Crippen molar-refractivity contribution in [2.75, 3.05) is 19.6 Å². The Labute approximate surface area is 109 Å². The number of carbonyl (C=O) groups is 2. The highest BCUT2D eigenvalue weighted by molar-refractivity contribution is 5.96. The van der Waals surface area contributed by atoms with Gasteiger partial charge in [-0.3, -0.25) is 15.0 Å². The van der Waals surface area contributed by atoms with E-state index in [2.05, 4.69) is 15.5 Å². The minimum atomic E-state index is -0.391. The largest absolute Gasteiger partial charge is 0.338 e. The summed E-state index contributed by atoms with van der Waals surface area (Å²) in [6.07, 6.45) is 3.51. The third-order valence-corrected chi connectivity index (χ3v) is 3.23. The predicted octanol–water partition coefficient (Wildman–Crippen LogP) is 1.34. The number of likely N-dealkylation sites (tertiary alicyclic amines) is 1. The van der Waals surface area contributed by atoms with Gasteiger partial charge in [0, 0.05) is 6.54 Å². The van der Waals surface area contributed by atoms with Gasteiger partial charge in [-0.15, -0.1) is 0 Å². The van der Waals surface area contributed by atoms with Crippen LogP contribution in [-0.4, -0.2) is 42.5 Å². The first-order valence-electron chi connectivity index (χ1n) is 6.83. The zero-order valence-electron chi connectivity index (χ0n) is 11.7. The predicted molar refractivity (Wildman–Crippen MR) is 71.3 cm³/mol. The molecule has 0 aromatic heterocycles. The van der Waals surface area contributed by atoms with Gasteiger partial charge in [0.2, 0.25) is 5.91 Å². The summed E-state index contributed by atoms with van der Waals surface area (Å²) >= 11 is 0. The summed E-state index contributed by atoms with van der Waals surface area (Å²) in [5.74, 6) is 0.170. The zero-order chi connectivity index (χ0) is 13.5. The minimum Gasteiger partial charge on any atom is -0.338 e. The topological polar surface area (TPSA) is 61.4 Å². The van der Waals surface area contributed by atoms with Crippen molar-refractivity contribution in [1.29, 1.82) is 0 Å². The lowest BCUT2D eigenvalue weighted by Crippen LogP contribution is -2.51. The number of nitrogens with zero attached hydrogens (tertiary/aromatic N) is 1. The van der Waals surface area contributed by atoms with Crippen molar-refractivity contribution < 1.29 is 9.59 Å². The summed E-state index contributed by atoms with van der Waals surface area (Å²) in [6.45, 7) is 8.36. The Morgan fingerprint density at radius 1 is 1.11 bits per heavy atom. The molecule has 18 heavy (non-hydrogen) atoms. The van der Waals surface area contributed by atoms with Crippen LogP contribution in [0.25, 0.3) is 0 Å². The first-order chi connectivity index (χ1) is 8.50. The van der Waals surface area contributed by atoms with Gasteiger partial charge in [0.05, 0.1) is 6.04 Å². The molecule has 0 bridgehead atoms. The average Bonchev–Trinajstić information content (AvgIpc) is 2.36. The Hall–Kier alpha value is -1.10. The lowest BCUT2D eigenvalue weighted by atomic mass is 10.1. The smallest absolute Gasteiger partial charge is 0.321 e. The van der Waals surface area contributed by atoms with E-state index < -0.39 is 6.03 Å². The van der Waals surface area contributed by atoms with Gasteiger partial charge in [-0.2, -0.15) is 0 Å². The molecule has 1 saturated heterocycles. The number of hydrogen-bond donors (Lipinski definition) is 2. The third kappa shape index (κ3) is 5.04. The maximum Gasteiger partial charge on any atom is 0.321 e. The van der Waals surface area contributed by atoms with Crippen LogP contribution in [0, 0.1) is 5.92 Å². The Bertz CT molecular complexity index is 286. The number of amides is 3. The van der Waals surface area contributed by atoms with Crippen LogP contribution in [0.3, 0.4) is 0 Å². The minimum absolute atomic E-state index is 0.210. The van der Waals surface area contributed by atoms with Crippen LogP contribution >= 0.6 is 0 Å². The number of urea groups is 1. The number of rotatable bonds is 4. The third-order valence-electron chi connectivity index (χ3n) is 3.23. The van der Waals surface area contributed by atoms with Gasteiger partial charge in [-0.05, 0) is 38.8 Å². The molecule has 3 amide bonds. The van der Waals surface area contributed by atoms with Gasteiger partial charge in [0.15, 0.2) is 0 Å². The highest BCUT2D eigenvalue weighted by Gasteiger charge is 2.23. The van der Waals surface area contributed by atoms with E-state index in [0.29, 0.717) is 12.5 Å². The van der Waals surface area contributed by atoms with E-state index in [-0.39, 0.29) is 11.9 Å². The van der Waals surface area contributed by atoms with E-state index in [1.165, 1.54) is 6.42 Å². The standard InChI is InChI=1S/C13H25N3O2/c1-10(2)9-14-13(18)15-12(17)11(3)16-7-5-4-6-8-16/h10-11H,4-9H2,1-3H3,(H2,14,15,17,18). The van der Waals surface area contributed by atoms with Gasteiger partial charge in [0.1, 0.15) is 0 Å². The van der Waals surface area contributed by atoms with Crippen molar-refractivity contribution >= 4 is 11.9 Å². The summed E-state index contributed by atoms with van der Waals surface area (Å²) in [5.41, 5.74) is 0. The quantitative estimate of drug-likeness (QED) is 0.797. The van der Waals surface area contributed by atoms with Crippen LogP contribution in [0.1, 0.15) is 40.0 Å². The molecule has 5 heteroatoms. The summed E-state index contributed by atoms with van der Waals surface area (Å²) < 4.78 is 0. The number of piperidine rings is 1. The molecule has 0 aromatic carbocycles. The summed E-state index contributed by atoms with van der Waals surface area (Å²) in [4.78, 5) is 25.5.